The first-order chi connectivity index (χ1) is 15.4. The number of nitrogens with zero attached hydrogens (tertiary/aromatic N) is 1. The SMILES string of the molecule is CCOC(=O)Oc1ccc(C(=O)NCC2CCN(C(=O)Cc3ccc(F)cc3)CC2)cc1. The molecule has 0 saturated carbocycles. The summed E-state index contributed by atoms with van der Waals surface area (Å²) < 4.78 is 22.7. The second-order valence-corrected chi connectivity index (χ2v) is 7.65. The van der Waals surface area contributed by atoms with Crippen LogP contribution in [-0.2, 0) is 16.0 Å². The van der Waals surface area contributed by atoms with E-state index in [2.05, 4.69) is 5.32 Å². The Bertz CT molecular complexity index is 922. The number of hydrogen-bond donors (Lipinski definition) is 1. The average Bonchev–Trinajstić information content (AvgIpc) is 2.80. The summed E-state index contributed by atoms with van der Waals surface area (Å²) in [6, 6.07) is 12.2. The number of hydrogen-bond acceptors (Lipinski definition) is 5. The highest BCUT2D eigenvalue weighted by Gasteiger charge is 2.23. The van der Waals surface area contributed by atoms with Crippen molar-refractivity contribution in [3.8, 4) is 5.75 Å². The molecule has 0 unspecified atom stereocenters. The Morgan fingerprint density at radius 1 is 1.03 bits per heavy atom. The molecular formula is C24H27FN2O5. The summed E-state index contributed by atoms with van der Waals surface area (Å²) in [4.78, 5) is 38.0. The molecule has 0 bridgehead atoms. The minimum atomic E-state index is -0.785. The summed E-state index contributed by atoms with van der Waals surface area (Å²) in [6.45, 7) is 3.71. The average molecular weight is 442 g/mol. The first kappa shape index (κ1) is 23.2. The third kappa shape index (κ3) is 6.80. The second-order valence-electron chi connectivity index (χ2n) is 7.65. The largest absolute Gasteiger partial charge is 0.513 e. The van der Waals surface area contributed by atoms with Gasteiger partial charge in [0.2, 0.25) is 5.91 Å². The van der Waals surface area contributed by atoms with Crippen molar-refractivity contribution in [2.24, 2.45) is 5.92 Å². The highest BCUT2D eigenvalue weighted by atomic mass is 19.1. The van der Waals surface area contributed by atoms with Crippen molar-refractivity contribution < 1.29 is 28.2 Å². The van der Waals surface area contributed by atoms with Crippen molar-refractivity contribution in [1.29, 1.82) is 0 Å². The van der Waals surface area contributed by atoms with Crippen molar-refractivity contribution in [2.75, 3.05) is 26.2 Å². The molecule has 0 aliphatic carbocycles. The Labute approximate surface area is 186 Å². The highest BCUT2D eigenvalue weighted by Crippen LogP contribution is 2.18. The maximum atomic E-state index is 13.0. The van der Waals surface area contributed by atoms with E-state index in [-0.39, 0.29) is 30.7 Å². The van der Waals surface area contributed by atoms with Gasteiger partial charge >= 0.3 is 6.16 Å². The highest BCUT2D eigenvalue weighted by molar-refractivity contribution is 5.94. The first-order valence-electron chi connectivity index (χ1n) is 10.7. The Balaban J connectivity index is 1.39. The van der Waals surface area contributed by atoms with Crippen LogP contribution in [0.1, 0.15) is 35.7 Å². The number of piperidine rings is 1. The van der Waals surface area contributed by atoms with Gasteiger partial charge in [0.05, 0.1) is 13.0 Å². The van der Waals surface area contributed by atoms with Gasteiger partial charge in [0.15, 0.2) is 0 Å². The lowest BCUT2D eigenvalue weighted by atomic mass is 9.96. The van der Waals surface area contributed by atoms with Gasteiger partial charge in [0.1, 0.15) is 11.6 Å². The first-order valence-corrected chi connectivity index (χ1v) is 10.7. The predicted molar refractivity (Wildman–Crippen MR) is 116 cm³/mol. The number of halogens is 1. The summed E-state index contributed by atoms with van der Waals surface area (Å²) >= 11 is 0. The summed E-state index contributed by atoms with van der Waals surface area (Å²) in [6.07, 6.45) is 1.09. The van der Waals surface area contributed by atoms with Crippen molar-refractivity contribution in [3.05, 3.63) is 65.5 Å². The fourth-order valence-electron chi connectivity index (χ4n) is 3.53. The van der Waals surface area contributed by atoms with Gasteiger partial charge in [0.25, 0.3) is 5.91 Å². The molecular weight excluding hydrogens is 415 g/mol. The summed E-state index contributed by atoms with van der Waals surface area (Å²) in [7, 11) is 0. The summed E-state index contributed by atoms with van der Waals surface area (Å²) in [5.41, 5.74) is 1.26. The zero-order valence-electron chi connectivity index (χ0n) is 18.0. The number of benzene rings is 2. The lowest BCUT2D eigenvalue weighted by Crippen LogP contribution is -2.42. The van der Waals surface area contributed by atoms with Gasteiger partial charge in [-0.05, 0) is 67.6 Å². The molecule has 1 aliphatic heterocycles. The lowest BCUT2D eigenvalue weighted by Gasteiger charge is -2.32. The van der Waals surface area contributed by atoms with Crippen molar-refractivity contribution in [2.45, 2.75) is 26.2 Å². The van der Waals surface area contributed by atoms with Gasteiger partial charge in [-0.15, -0.1) is 0 Å². The maximum Gasteiger partial charge on any atom is 0.513 e. The van der Waals surface area contributed by atoms with Gasteiger partial charge in [-0.25, -0.2) is 9.18 Å². The standard InChI is InChI=1S/C24H27FN2O5/c1-2-31-24(30)32-21-9-5-19(6-10-21)23(29)26-16-18-11-13-27(14-12-18)22(28)15-17-3-7-20(25)8-4-17/h3-10,18H,2,11-16H2,1H3,(H,26,29). The zero-order valence-corrected chi connectivity index (χ0v) is 18.0. The van der Waals surface area contributed by atoms with Crippen LogP contribution in [0.25, 0.3) is 0 Å². The smallest absolute Gasteiger partial charge is 0.434 e. The van der Waals surface area contributed by atoms with E-state index in [4.69, 9.17) is 9.47 Å². The van der Waals surface area contributed by atoms with Crippen LogP contribution in [0, 0.1) is 11.7 Å². The van der Waals surface area contributed by atoms with E-state index < -0.39 is 6.16 Å². The minimum Gasteiger partial charge on any atom is -0.434 e. The van der Waals surface area contributed by atoms with Gasteiger partial charge in [0, 0.05) is 25.2 Å². The molecule has 8 heteroatoms. The molecule has 1 saturated heterocycles. The Hall–Kier alpha value is -3.42. The summed E-state index contributed by atoms with van der Waals surface area (Å²) in [5, 5.41) is 2.93. The van der Waals surface area contributed by atoms with Crippen LogP contribution in [0.4, 0.5) is 9.18 Å². The van der Waals surface area contributed by atoms with E-state index in [1.54, 1.807) is 31.2 Å². The molecule has 3 rings (SSSR count). The van der Waals surface area contributed by atoms with E-state index in [1.807, 2.05) is 4.90 Å². The summed E-state index contributed by atoms with van der Waals surface area (Å²) in [5.74, 6) is 0.106. The molecule has 0 aromatic heterocycles. The van der Waals surface area contributed by atoms with E-state index in [9.17, 15) is 18.8 Å². The lowest BCUT2D eigenvalue weighted by molar-refractivity contribution is -0.131. The minimum absolute atomic E-state index is 0.0317. The van der Waals surface area contributed by atoms with Gasteiger partial charge in [-0.2, -0.15) is 0 Å². The molecule has 170 valence electrons. The number of nitrogens with one attached hydrogen (secondary N) is 1. The topological polar surface area (TPSA) is 84.9 Å². The fourth-order valence-corrected chi connectivity index (χ4v) is 3.53. The van der Waals surface area contributed by atoms with Crippen LogP contribution in [-0.4, -0.2) is 49.1 Å². The molecule has 1 fully saturated rings. The molecule has 7 nitrogen and oxygen atoms in total. The number of likely N-dealkylation sites (tertiary alicyclic amines) is 1. The second kappa shape index (κ2) is 11.3. The van der Waals surface area contributed by atoms with E-state index >= 15 is 0 Å². The predicted octanol–water partition coefficient (Wildman–Crippen LogP) is 3.57. The number of ether oxygens (including phenoxy) is 2. The van der Waals surface area contributed by atoms with Gasteiger partial charge < -0.3 is 19.7 Å². The molecule has 1 heterocycles. The normalized spacial score (nSPS) is 14.0. The molecule has 2 aromatic carbocycles. The van der Waals surface area contributed by atoms with Crippen LogP contribution in [0.2, 0.25) is 0 Å². The molecule has 0 radical (unpaired) electrons. The van der Waals surface area contributed by atoms with Crippen LogP contribution >= 0.6 is 0 Å². The monoisotopic (exact) mass is 442 g/mol. The van der Waals surface area contributed by atoms with Crippen molar-refractivity contribution in [1.82, 2.24) is 10.2 Å². The maximum absolute atomic E-state index is 13.0. The zero-order chi connectivity index (χ0) is 22.9. The van der Waals surface area contributed by atoms with Crippen molar-refractivity contribution in [3.63, 3.8) is 0 Å². The molecule has 1 aliphatic rings. The molecule has 0 spiro atoms. The molecule has 1 N–H and O–H groups in total. The van der Waals surface area contributed by atoms with Crippen molar-refractivity contribution >= 4 is 18.0 Å². The van der Waals surface area contributed by atoms with Gasteiger partial charge in [-0.3, -0.25) is 9.59 Å². The number of rotatable bonds is 7. The van der Waals surface area contributed by atoms with Crippen LogP contribution in [0.5, 0.6) is 5.75 Å². The Morgan fingerprint density at radius 2 is 1.69 bits per heavy atom. The van der Waals surface area contributed by atoms with Gasteiger partial charge in [-0.1, -0.05) is 12.1 Å². The van der Waals surface area contributed by atoms with E-state index in [0.29, 0.717) is 36.9 Å². The third-order valence-corrected chi connectivity index (χ3v) is 5.37. The number of carbonyl (C=O) groups is 3. The molecule has 0 atom stereocenters. The molecule has 2 aromatic rings. The van der Waals surface area contributed by atoms with Crippen LogP contribution in [0.15, 0.2) is 48.5 Å². The number of amides is 2. The quantitative estimate of drug-likeness (QED) is 0.523. The molecule has 2 amide bonds. The Kier molecular flexibility index (Phi) is 8.19. The fraction of sp³-hybridized carbons (Fsp3) is 0.375. The molecule has 32 heavy (non-hydrogen) atoms. The van der Waals surface area contributed by atoms with E-state index in [0.717, 1.165) is 18.4 Å². The Morgan fingerprint density at radius 3 is 2.31 bits per heavy atom. The van der Waals surface area contributed by atoms with E-state index in [1.165, 1.54) is 24.3 Å². The van der Waals surface area contributed by atoms with Crippen LogP contribution < -0.4 is 10.1 Å². The van der Waals surface area contributed by atoms with Crippen LogP contribution in [0.3, 0.4) is 0 Å². The number of carbonyl (C=O) groups excluding carboxylic acids is 3. The third-order valence-electron chi connectivity index (χ3n) is 5.37.